The second-order valence-electron chi connectivity index (χ2n) is 2.50. The van der Waals surface area contributed by atoms with Crippen LogP contribution in [0.1, 0.15) is 5.82 Å². The quantitative estimate of drug-likeness (QED) is 0.627. The number of hydrogen-bond acceptors (Lipinski definition) is 2. The second-order valence-corrected chi connectivity index (χ2v) is 2.50. The number of aromatic nitrogens is 2. The Morgan fingerprint density at radius 3 is 3.25 bits per heavy atom. The molecule has 2 heterocycles. The van der Waals surface area contributed by atoms with Crippen LogP contribution in [0.15, 0.2) is 30.6 Å². The summed E-state index contributed by atoms with van der Waals surface area (Å²) in [6.07, 6.45) is 4.04. The molecule has 2 aromatic rings. The van der Waals surface area contributed by atoms with Crippen molar-refractivity contribution in [2.45, 2.75) is 6.42 Å². The first kappa shape index (κ1) is 6.86. The van der Waals surface area contributed by atoms with Crippen LogP contribution < -0.4 is 0 Å². The minimum absolute atomic E-state index is 0.359. The van der Waals surface area contributed by atoms with Gasteiger partial charge in [0.1, 0.15) is 5.82 Å². The largest absolute Gasteiger partial charge is 0.303 e. The monoisotopic (exact) mass is 157 g/mol. The molecule has 58 valence electrons. The first-order chi connectivity index (χ1) is 5.92. The van der Waals surface area contributed by atoms with Crippen LogP contribution in [0.3, 0.4) is 0 Å². The lowest BCUT2D eigenvalue weighted by Gasteiger charge is -1.94. The van der Waals surface area contributed by atoms with Gasteiger partial charge >= 0.3 is 0 Å². The third kappa shape index (κ3) is 0.940. The van der Waals surface area contributed by atoms with E-state index in [0.717, 1.165) is 11.3 Å². The third-order valence-corrected chi connectivity index (χ3v) is 1.75. The van der Waals surface area contributed by atoms with Crippen LogP contribution in [-0.4, -0.2) is 9.38 Å². The molecule has 0 bridgehead atoms. The van der Waals surface area contributed by atoms with Gasteiger partial charge in [0.2, 0.25) is 0 Å². The maximum atomic E-state index is 8.49. The zero-order valence-corrected chi connectivity index (χ0v) is 6.44. The van der Waals surface area contributed by atoms with Crippen molar-refractivity contribution in [3.8, 4) is 6.07 Å². The molecule has 0 N–H and O–H groups in total. The summed E-state index contributed by atoms with van der Waals surface area (Å²) in [7, 11) is 0. The van der Waals surface area contributed by atoms with Gasteiger partial charge in [-0.15, -0.1) is 0 Å². The summed E-state index contributed by atoms with van der Waals surface area (Å²) in [5.41, 5.74) is 1.03. The zero-order chi connectivity index (χ0) is 8.39. The molecule has 0 amide bonds. The summed E-state index contributed by atoms with van der Waals surface area (Å²) in [5, 5.41) is 8.49. The lowest BCUT2D eigenvalue weighted by atomic mass is 10.4. The number of nitrogens with zero attached hydrogens (tertiary/aromatic N) is 3. The van der Waals surface area contributed by atoms with Gasteiger partial charge in [-0.2, -0.15) is 5.26 Å². The van der Waals surface area contributed by atoms with E-state index in [2.05, 4.69) is 11.1 Å². The van der Waals surface area contributed by atoms with Gasteiger partial charge in [0.25, 0.3) is 0 Å². The number of fused-ring (bicyclic) bond motifs is 1. The summed E-state index contributed by atoms with van der Waals surface area (Å²) in [4.78, 5) is 4.13. The van der Waals surface area contributed by atoms with Crippen LogP contribution in [0, 0.1) is 11.3 Å². The van der Waals surface area contributed by atoms with Crippen LogP contribution >= 0.6 is 0 Å². The Morgan fingerprint density at radius 2 is 2.42 bits per heavy atom. The van der Waals surface area contributed by atoms with Crippen molar-refractivity contribution in [3.63, 3.8) is 0 Å². The molecule has 0 aliphatic heterocycles. The van der Waals surface area contributed by atoms with Crippen LogP contribution in [0.25, 0.3) is 5.52 Å². The fourth-order valence-electron chi connectivity index (χ4n) is 1.20. The maximum absolute atomic E-state index is 8.49. The number of hydrogen-bond donors (Lipinski definition) is 0. The summed E-state index contributed by atoms with van der Waals surface area (Å²) >= 11 is 0. The van der Waals surface area contributed by atoms with Gasteiger partial charge in [-0.1, -0.05) is 6.07 Å². The Hall–Kier alpha value is -1.82. The Kier molecular flexibility index (Phi) is 1.52. The fourth-order valence-corrected chi connectivity index (χ4v) is 1.20. The van der Waals surface area contributed by atoms with Crippen LogP contribution in [0.2, 0.25) is 0 Å². The number of pyridine rings is 1. The molecule has 0 radical (unpaired) electrons. The highest BCUT2D eigenvalue weighted by atomic mass is 15.0. The predicted molar refractivity (Wildman–Crippen MR) is 44.5 cm³/mol. The van der Waals surface area contributed by atoms with E-state index < -0.39 is 0 Å². The van der Waals surface area contributed by atoms with Crippen molar-refractivity contribution in [3.05, 3.63) is 36.4 Å². The molecular formula is C9H7N3. The third-order valence-electron chi connectivity index (χ3n) is 1.75. The van der Waals surface area contributed by atoms with E-state index in [-0.39, 0.29) is 0 Å². The van der Waals surface area contributed by atoms with Crippen molar-refractivity contribution in [2.75, 3.05) is 0 Å². The lowest BCUT2D eigenvalue weighted by molar-refractivity contribution is 0.988. The van der Waals surface area contributed by atoms with Crippen LogP contribution in [-0.2, 0) is 6.42 Å². The normalized spacial score (nSPS) is 9.92. The van der Waals surface area contributed by atoms with Crippen LogP contribution in [0.5, 0.6) is 0 Å². The molecule has 0 unspecified atom stereocenters. The minimum atomic E-state index is 0.359. The average molecular weight is 157 g/mol. The summed E-state index contributed by atoms with van der Waals surface area (Å²) in [5.74, 6) is 0.799. The lowest BCUT2D eigenvalue weighted by Crippen LogP contribution is -1.91. The fraction of sp³-hybridized carbons (Fsp3) is 0.111. The number of imidazole rings is 1. The molecular weight excluding hydrogens is 150 g/mol. The molecule has 0 saturated carbocycles. The van der Waals surface area contributed by atoms with Crippen molar-refractivity contribution >= 4 is 5.52 Å². The molecule has 0 atom stereocenters. The van der Waals surface area contributed by atoms with Crippen LogP contribution in [0.4, 0.5) is 0 Å². The SMILES string of the molecule is N#CCc1ncc2ccccn12. The zero-order valence-electron chi connectivity index (χ0n) is 6.44. The van der Waals surface area contributed by atoms with Crippen molar-refractivity contribution < 1.29 is 0 Å². The summed E-state index contributed by atoms with van der Waals surface area (Å²) in [6, 6.07) is 7.92. The maximum Gasteiger partial charge on any atom is 0.127 e. The van der Waals surface area contributed by atoms with E-state index >= 15 is 0 Å². The highest BCUT2D eigenvalue weighted by Gasteiger charge is 1.99. The van der Waals surface area contributed by atoms with Gasteiger partial charge in [-0.3, -0.25) is 0 Å². The van der Waals surface area contributed by atoms with Gasteiger partial charge in [-0.05, 0) is 12.1 Å². The molecule has 2 aromatic heterocycles. The highest BCUT2D eigenvalue weighted by molar-refractivity contribution is 5.45. The highest BCUT2D eigenvalue weighted by Crippen LogP contribution is 2.05. The first-order valence-corrected chi connectivity index (χ1v) is 3.70. The Morgan fingerprint density at radius 1 is 1.50 bits per heavy atom. The summed E-state index contributed by atoms with van der Waals surface area (Å²) in [6.45, 7) is 0. The molecule has 0 aliphatic carbocycles. The van der Waals surface area contributed by atoms with Gasteiger partial charge in [0, 0.05) is 6.20 Å². The van der Waals surface area contributed by atoms with E-state index in [1.54, 1.807) is 6.20 Å². The minimum Gasteiger partial charge on any atom is -0.303 e. The van der Waals surface area contributed by atoms with Gasteiger partial charge < -0.3 is 4.40 Å². The average Bonchev–Trinajstić information content (AvgIpc) is 2.50. The van der Waals surface area contributed by atoms with E-state index in [1.807, 2.05) is 28.8 Å². The molecule has 0 aromatic carbocycles. The van der Waals surface area contributed by atoms with Crippen molar-refractivity contribution in [1.29, 1.82) is 5.26 Å². The van der Waals surface area contributed by atoms with E-state index in [9.17, 15) is 0 Å². The second kappa shape index (κ2) is 2.67. The Bertz CT molecular complexity index is 436. The Labute approximate surface area is 69.9 Å². The number of nitriles is 1. The Balaban J connectivity index is 2.64. The molecule has 3 heteroatoms. The van der Waals surface area contributed by atoms with Gasteiger partial charge in [-0.25, -0.2) is 4.98 Å². The first-order valence-electron chi connectivity index (χ1n) is 3.70. The van der Waals surface area contributed by atoms with E-state index in [4.69, 9.17) is 5.26 Å². The van der Waals surface area contributed by atoms with Gasteiger partial charge in [0.05, 0.1) is 24.2 Å². The molecule has 0 aliphatic rings. The molecule has 2 rings (SSSR count). The molecule has 0 fully saturated rings. The molecule has 12 heavy (non-hydrogen) atoms. The van der Waals surface area contributed by atoms with Crippen molar-refractivity contribution in [1.82, 2.24) is 9.38 Å². The van der Waals surface area contributed by atoms with E-state index in [0.29, 0.717) is 6.42 Å². The topological polar surface area (TPSA) is 41.1 Å². The molecule has 0 saturated heterocycles. The van der Waals surface area contributed by atoms with Gasteiger partial charge in [0.15, 0.2) is 0 Å². The molecule has 0 spiro atoms. The molecule has 3 nitrogen and oxygen atoms in total. The smallest absolute Gasteiger partial charge is 0.127 e. The standard InChI is InChI=1S/C9H7N3/c10-5-4-9-11-7-8-3-1-2-6-12(8)9/h1-3,6-7H,4H2. The summed E-state index contributed by atoms with van der Waals surface area (Å²) < 4.78 is 1.92. The van der Waals surface area contributed by atoms with Crippen molar-refractivity contribution in [2.24, 2.45) is 0 Å². The van der Waals surface area contributed by atoms with E-state index in [1.165, 1.54) is 0 Å². The number of rotatable bonds is 1. The predicted octanol–water partition coefficient (Wildman–Crippen LogP) is 1.40.